The fraction of sp³-hybridized carbons (Fsp3) is 0.200. The van der Waals surface area contributed by atoms with Gasteiger partial charge >= 0.3 is 0 Å². The molecule has 140 valence electrons. The predicted octanol–water partition coefficient (Wildman–Crippen LogP) is 5.38. The van der Waals surface area contributed by atoms with E-state index in [1.54, 1.807) is 49.6 Å². The number of carbonyl (C=O) groups is 2. The normalized spacial score (nSPS) is 15.5. The Bertz CT molecular complexity index is 895. The van der Waals surface area contributed by atoms with Crippen LogP contribution in [0.15, 0.2) is 47.4 Å². The third-order valence-electron chi connectivity index (χ3n) is 3.83. The molecule has 0 aromatic heterocycles. The molecule has 0 unspecified atom stereocenters. The quantitative estimate of drug-likeness (QED) is 0.606. The van der Waals surface area contributed by atoms with Gasteiger partial charge in [-0.05, 0) is 66.2 Å². The SMILES string of the molecule is CCCOc1ccc(/C=C2/SC(=O)N(c3ccc(Cl)cc3)C2=O)cc1OC. The van der Waals surface area contributed by atoms with Crippen molar-refractivity contribution >= 4 is 46.3 Å². The fourth-order valence-corrected chi connectivity index (χ4v) is 3.50. The van der Waals surface area contributed by atoms with E-state index in [1.807, 2.05) is 13.0 Å². The van der Waals surface area contributed by atoms with Crippen LogP contribution in [0.3, 0.4) is 0 Å². The molecule has 1 heterocycles. The minimum Gasteiger partial charge on any atom is -0.493 e. The number of hydrogen-bond acceptors (Lipinski definition) is 5. The molecule has 0 spiro atoms. The summed E-state index contributed by atoms with van der Waals surface area (Å²) in [6.45, 7) is 2.62. The van der Waals surface area contributed by atoms with Crippen molar-refractivity contribution in [1.29, 1.82) is 0 Å². The molecule has 1 fully saturated rings. The summed E-state index contributed by atoms with van der Waals surface area (Å²) in [7, 11) is 1.56. The lowest BCUT2D eigenvalue weighted by molar-refractivity contribution is -0.113. The highest BCUT2D eigenvalue weighted by molar-refractivity contribution is 8.19. The van der Waals surface area contributed by atoms with Crippen LogP contribution >= 0.6 is 23.4 Å². The second-order valence-corrected chi connectivity index (χ2v) is 7.18. The van der Waals surface area contributed by atoms with Gasteiger partial charge in [-0.3, -0.25) is 9.59 Å². The van der Waals surface area contributed by atoms with Crippen LogP contribution < -0.4 is 14.4 Å². The number of nitrogens with zero attached hydrogens (tertiary/aromatic N) is 1. The Hall–Kier alpha value is -2.44. The molecular weight excluding hydrogens is 386 g/mol. The van der Waals surface area contributed by atoms with Crippen molar-refractivity contribution < 1.29 is 19.1 Å². The number of carbonyl (C=O) groups excluding carboxylic acids is 2. The van der Waals surface area contributed by atoms with Gasteiger partial charge in [0.05, 0.1) is 24.3 Å². The lowest BCUT2D eigenvalue weighted by Crippen LogP contribution is -2.27. The van der Waals surface area contributed by atoms with Crippen molar-refractivity contribution in [3.63, 3.8) is 0 Å². The smallest absolute Gasteiger partial charge is 0.298 e. The fourth-order valence-electron chi connectivity index (χ4n) is 2.54. The predicted molar refractivity (Wildman–Crippen MR) is 109 cm³/mol. The highest BCUT2D eigenvalue weighted by Crippen LogP contribution is 2.37. The summed E-state index contributed by atoms with van der Waals surface area (Å²) in [5, 5.41) is 0.196. The molecule has 0 aliphatic carbocycles. The molecule has 5 nitrogen and oxygen atoms in total. The largest absolute Gasteiger partial charge is 0.493 e. The van der Waals surface area contributed by atoms with Crippen LogP contribution in [0.5, 0.6) is 11.5 Å². The number of methoxy groups -OCH3 is 1. The molecule has 2 aromatic rings. The molecule has 3 rings (SSSR count). The van der Waals surface area contributed by atoms with Crippen molar-refractivity contribution in [2.45, 2.75) is 13.3 Å². The van der Waals surface area contributed by atoms with E-state index in [0.29, 0.717) is 33.7 Å². The lowest BCUT2D eigenvalue weighted by atomic mass is 10.2. The Balaban J connectivity index is 1.86. The number of anilines is 1. The summed E-state index contributed by atoms with van der Waals surface area (Å²) in [4.78, 5) is 26.5. The molecular formula is C20H18ClNO4S. The first-order valence-corrected chi connectivity index (χ1v) is 9.57. The zero-order valence-electron chi connectivity index (χ0n) is 14.9. The van der Waals surface area contributed by atoms with Crippen molar-refractivity contribution in [3.05, 3.63) is 58.0 Å². The number of thioether (sulfide) groups is 1. The maximum atomic E-state index is 12.7. The average Bonchev–Trinajstić information content (AvgIpc) is 2.94. The van der Waals surface area contributed by atoms with Gasteiger partial charge in [-0.2, -0.15) is 0 Å². The molecule has 1 aliphatic heterocycles. The van der Waals surface area contributed by atoms with Crippen molar-refractivity contribution in [2.24, 2.45) is 0 Å². The molecule has 0 bridgehead atoms. The summed E-state index contributed by atoms with van der Waals surface area (Å²) >= 11 is 6.77. The first kappa shape index (κ1) is 19.3. The number of rotatable bonds is 6. The third kappa shape index (κ3) is 4.28. The van der Waals surface area contributed by atoms with Gasteiger partial charge in [0, 0.05) is 5.02 Å². The monoisotopic (exact) mass is 403 g/mol. The van der Waals surface area contributed by atoms with Crippen LogP contribution in [0, 0.1) is 0 Å². The molecule has 1 saturated heterocycles. The second kappa shape index (κ2) is 8.50. The Labute approximate surface area is 166 Å². The molecule has 0 saturated carbocycles. The Morgan fingerprint density at radius 1 is 1.11 bits per heavy atom. The maximum Gasteiger partial charge on any atom is 0.298 e. The first-order valence-electron chi connectivity index (χ1n) is 8.38. The topological polar surface area (TPSA) is 55.8 Å². The summed E-state index contributed by atoms with van der Waals surface area (Å²) in [5.74, 6) is 0.859. The van der Waals surface area contributed by atoms with Crippen LogP contribution in [0.2, 0.25) is 5.02 Å². The summed E-state index contributed by atoms with van der Waals surface area (Å²) in [6, 6.07) is 12.0. The molecule has 2 aromatic carbocycles. The van der Waals surface area contributed by atoms with Gasteiger partial charge in [-0.15, -0.1) is 0 Å². The number of ether oxygens (including phenoxy) is 2. The maximum absolute atomic E-state index is 12.7. The number of hydrogen-bond donors (Lipinski definition) is 0. The molecule has 2 amide bonds. The van der Waals surface area contributed by atoms with Crippen LogP contribution in [0.1, 0.15) is 18.9 Å². The molecule has 0 N–H and O–H groups in total. The van der Waals surface area contributed by atoms with Gasteiger partial charge in [0.25, 0.3) is 11.1 Å². The molecule has 0 radical (unpaired) electrons. The van der Waals surface area contributed by atoms with Crippen molar-refractivity contribution in [3.8, 4) is 11.5 Å². The van der Waals surface area contributed by atoms with E-state index >= 15 is 0 Å². The van der Waals surface area contributed by atoms with E-state index in [9.17, 15) is 9.59 Å². The van der Waals surface area contributed by atoms with E-state index < -0.39 is 0 Å². The second-order valence-electron chi connectivity index (χ2n) is 5.75. The Kier molecular flexibility index (Phi) is 6.08. The van der Waals surface area contributed by atoms with Crippen LogP contribution in [-0.2, 0) is 4.79 Å². The molecule has 27 heavy (non-hydrogen) atoms. The van der Waals surface area contributed by atoms with Gasteiger partial charge in [-0.1, -0.05) is 24.6 Å². The highest BCUT2D eigenvalue weighted by Gasteiger charge is 2.36. The first-order chi connectivity index (χ1) is 13.0. The van der Waals surface area contributed by atoms with Gasteiger partial charge in [0.1, 0.15) is 0 Å². The molecule has 1 aliphatic rings. The van der Waals surface area contributed by atoms with E-state index in [-0.39, 0.29) is 11.1 Å². The van der Waals surface area contributed by atoms with E-state index in [1.165, 1.54) is 0 Å². The van der Waals surface area contributed by atoms with Crippen LogP contribution in [-0.4, -0.2) is 24.9 Å². The number of halogens is 1. The zero-order chi connectivity index (χ0) is 19.4. The van der Waals surface area contributed by atoms with Gasteiger partial charge < -0.3 is 9.47 Å². The van der Waals surface area contributed by atoms with Crippen molar-refractivity contribution in [2.75, 3.05) is 18.6 Å². The van der Waals surface area contributed by atoms with E-state index in [4.69, 9.17) is 21.1 Å². The molecule has 7 heteroatoms. The van der Waals surface area contributed by atoms with Crippen molar-refractivity contribution in [1.82, 2.24) is 0 Å². The van der Waals surface area contributed by atoms with Gasteiger partial charge in [-0.25, -0.2) is 4.90 Å². The van der Waals surface area contributed by atoms with E-state index in [0.717, 1.165) is 28.6 Å². The Morgan fingerprint density at radius 3 is 2.52 bits per heavy atom. The van der Waals surface area contributed by atoms with Crippen LogP contribution in [0.25, 0.3) is 6.08 Å². The summed E-state index contributed by atoms with van der Waals surface area (Å²) in [6.07, 6.45) is 2.57. The zero-order valence-corrected chi connectivity index (χ0v) is 16.5. The Morgan fingerprint density at radius 2 is 1.85 bits per heavy atom. The number of imide groups is 1. The summed E-state index contributed by atoms with van der Waals surface area (Å²) in [5.41, 5.74) is 1.24. The number of benzene rings is 2. The standard InChI is InChI=1S/C20H18ClNO4S/c1-3-10-26-16-9-4-13(11-17(16)25-2)12-18-19(23)22(20(24)27-18)15-7-5-14(21)6-8-15/h4-9,11-12H,3,10H2,1-2H3/b18-12+. The van der Waals surface area contributed by atoms with Gasteiger partial charge in [0.15, 0.2) is 11.5 Å². The molecule has 0 atom stereocenters. The minimum atomic E-state index is -0.363. The highest BCUT2D eigenvalue weighted by atomic mass is 35.5. The number of amides is 2. The lowest BCUT2D eigenvalue weighted by Gasteiger charge is -2.12. The van der Waals surface area contributed by atoms with Crippen LogP contribution in [0.4, 0.5) is 10.5 Å². The average molecular weight is 404 g/mol. The van der Waals surface area contributed by atoms with E-state index in [2.05, 4.69) is 0 Å². The minimum absolute atomic E-state index is 0.344. The summed E-state index contributed by atoms with van der Waals surface area (Å²) < 4.78 is 11.0. The van der Waals surface area contributed by atoms with Gasteiger partial charge in [0.2, 0.25) is 0 Å². The third-order valence-corrected chi connectivity index (χ3v) is 4.95.